The first-order chi connectivity index (χ1) is 10.1. The molecule has 0 heterocycles. The van der Waals surface area contributed by atoms with Gasteiger partial charge in [0.15, 0.2) is 0 Å². The summed E-state index contributed by atoms with van der Waals surface area (Å²) in [6.07, 6.45) is 0.765. The van der Waals surface area contributed by atoms with Crippen molar-refractivity contribution in [2.24, 2.45) is 0 Å². The molecule has 3 nitrogen and oxygen atoms in total. The molecular weight excluding hydrogens is 284 g/mol. The first kappa shape index (κ1) is 15.6. The number of ketones is 1. The van der Waals surface area contributed by atoms with E-state index in [9.17, 15) is 9.59 Å². The lowest BCUT2D eigenvalue weighted by Crippen LogP contribution is -2.15. The summed E-state index contributed by atoms with van der Waals surface area (Å²) in [6, 6.07) is 14.3. The summed E-state index contributed by atoms with van der Waals surface area (Å²) in [7, 11) is 1.36. The molecule has 4 heteroatoms. The highest BCUT2D eigenvalue weighted by molar-refractivity contribution is 8.00. The number of Topliss-reactive ketones (excluding diaryl/α,β-unsaturated/α-hetero) is 1. The van der Waals surface area contributed by atoms with Gasteiger partial charge in [-0.15, -0.1) is 11.8 Å². The van der Waals surface area contributed by atoms with E-state index in [0.717, 1.165) is 10.3 Å². The summed E-state index contributed by atoms with van der Waals surface area (Å²) in [6.45, 7) is 1.57. The Morgan fingerprint density at radius 3 is 2.52 bits per heavy atom. The van der Waals surface area contributed by atoms with E-state index in [-0.39, 0.29) is 23.4 Å². The molecule has 2 rings (SSSR count). The van der Waals surface area contributed by atoms with Crippen LogP contribution in [0.4, 0.5) is 0 Å². The second-order valence-corrected chi connectivity index (χ2v) is 6.12. The Hall–Kier alpha value is -1.81. The smallest absolute Gasteiger partial charge is 0.305 e. The number of hydrogen-bond donors (Lipinski definition) is 0. The molecule has 0 N–H and O–H groups in total. The van der Waals surface area contributed by atoms with Crippen molar-refractivity contribution in [1.29, 1.82) is 0 Å². The van der Waals surface area contributed by atoms with Gasteiger partial charge in [-0.05, 0) is 36.2 Å². The molecule has 2 aromatic carbocycles. The van der Waals surface area contributed by atoms with Crippen LogP contribution in [0.15, 0.2) is 47.4 Å². The van der Waals surface area contributed by atoms with Gasteiger partial charge >= 0.3 is 5.97 Å². The molecule has 2 aromatic rings. The van der Waals surface area contributed by atoms with Gasteiger partial charge in [-0.3, -0.25) is 9.59 Å². The zero-order chi connectivity index (χ0) is 15.2. The molecule has 0 saturated carbocycles. The van der Waals surface area contributed by atoms with Crippen LogP contribution in [0.25, 0.3) is 10.8 Å². The topological polar surface area (TPSA) is 43.4 Å². The van der Waals surface area contributed by atoms with E-state index in [0.29, 0.717) is 6.42 Å². The van der Waals surface area contributed by atoms with Gasteiger partial charge in [0.05, 0.1) is 12.4 Å². The van der Waals surface area contributed by atoms with Gasteiger partial charge < -0.3 is 4.74 Å². The fourth-order valence-corrected chi connectivity index (χ4v) is 3.17. The van der Waals surface area contributed by atoms with Crippen LogP contribution in [0.3, 0.4) is 0 Å². The third kappa shape index (κ3) is 4.33. The summed E-state index contributed by atoms with van der Waals surface area (Å²) >= 11 is 1.51. The molecule has 0 aromatic heterocycles. The van der Waals surface area contributed by atoms with Crippen molar-refractivity contribution < 1.29 is 14.3 Å². The predicted octanol–water partition coefficient (Wildman–Crippen LogP) is 3.84. The first-order valence-corrected chi connectivity index (χ1v) is 7.71. The Bertz CT molecular complexity index is 651. The van der Waals surface area contributed by atoms with Crippen molar-refractivity contribution in [1.82, 2.24) is 0 Å². The fraction of sp³-hybridized carbons (Fsp3) is 0.294. The minimum Gasteiger partial charge on any atom is -0.469 e. The molecule has 21 heavy (non-hydrogen) atoms. The van der Waals surface area contributed by atoms with E-state index in [2.05, 4.69) is 29.0 Å². The molecule has 0 aliphatic heterocycles. The molecule has 1 atom stereocenters. The van der Waals surface area contributed by atoms with Gasteiger partial charge in [-0.1, -0.05) is 30.3 Å². The third-order valence-corrected chi connectivity index (χ3v) is 4.67. The Labute approximate surface area is 128 Å². The average Bonchev–Trinajstić information content (AvgIpc) is 2.50. The van der Waals surface area contributed by atoms with Crippen molar-refractivity contribution in [3.05, 3.63) is 42.5 Å². The number of carbonyl (C=O) groups is 2. The van der Waals surface area contributed by atoms with Crippen LogP contribution in [0.2, 0.25) is 0 Å². The van der Waals surface area contributed by atoms with Gasteiger partial charge in [-0.25, -0.2) is 0 Å². The molecule has 1 unspecified atom stereocenters. The van der Waals surface area contributed by atoms with Crippen molar-refractivity contribution in [3.8, 4) is 0 Å². The van der Waals surface area contributed by atoms with Crippen molar-refractivity contribution in [2.75, 3.05) is 7.11 Å². The Morgan fingerprint density at radius 2 is 1.86 bits per heavy atom. The van der Waals surface area contributed by atoms with Gasteiger partial charge in [0, 0.05) is 11.3 Å². The summed E-state index contributed by atoms with van der Waals surface area (Å²) in [4.78, 5) is 24.0. The Morgan fingerprint density at radius 1 is 1.14 bits per heavy atom. The maximum atomic E-state index is 11.7. The highest BCUT2D eigenvalue weighted by Crippen LogP contribution is 2.29. The minimum absolute atomic E-state index is 0.0806. The van der Waals surface area contributed by atoms with E-state index in [4.69, 9.17) is 0 Å². The highest BCUT2D eigenvalue weighted by atomic mass is 32.2. The lowest BCUT2D eigenvalue weighted by atomic mass is 10.1. The van der Waals surface area contributed by atoms with Crippen LogP contribution in [0, 0.1) is 0 Å². The third-order valence-electron chi connectivity index (χ3n) is 3.29. The van der Waals surface area contributed by atoms with Gasteiger partial charge in [0.2, 0.25) is 0 Å². The lowest BCUT2D eigenvalue weighted by Gasteiger charge is -2.13. The number of methoxy groups -OCH3 is 1. The largest absolute Gasteiger partial charge is 0.469 e. The van der Waals surface area contributed by atoms with E-state index >= 15 is 0 Å². The summed E-state index contributed by atoms with van der Waals surface area (Å²) in [5.74, 6) is -0.197. The molecular formula is C17H18O3S. The molecule has 0 bridgehead atoms. The number of benzene rings is 2. The van der Waals surface area contributed by atoms with E-state index in [1.165, 1.54) is 24.3 Å². The monoisotopic (exact) mass is 302 g/mol. The Kier molecular flexibility index (Phi) is 5.39. The lowest BCUT2D eigenvalue weighted by molar-refractivity contribution is -0.140. The van der Waals surface area contributed by atoms with Gasteiger partial charge in [0.1, 0.15) is 5.78 Å². The first-order valence-electron chi connectivity index (χ1n) is 6.83. The van der Waals surface area contributed by atoms with Crippen LogP contribution in [0.1, 0.15) is 19.8 Å². The van der Waals surface area contributed by atoms with Crippen molar-refractivity contribution >= 4 is 34.3 Å². The van der Waals surface area contributed by atoms with E-state index in [1.807, 2.05) is 18.2 Å². The number of hydrogen-bond acceptors (Lipinski definition) is 4. The molecule has 0 aliphatic carbocycles. The van der Waals surface area contributed by atoms with Crippen molar-refractivity contribution in [2.45, 2.75) is 29.9 Å². The standard InChI is InChI=1S/C17H18O3S/c1-12(18)16(9-10-17(19)20-2)21-15-8-7-13-5-3-4-6-14(13)11-15/h3-8,11,16H,9-10H2,1-2H3. The number of carbonyl (C=O) groups excluding carboxylic acids is 2. The van der Waals surface area contributed by atoms with Crippen LogP contribution in [-0.2, 0) is 14.3 Å². The second kappa shape index (κ2) is 7.27. The van der Waals surface area contributed by atoms with Crippen molar-refractivity contribution in [3.63, 3.8) is 0 Å². The summed E-state index contributed by atoms with van der Waals surface area (Å²) in [5.41, 5.74) is 0. The average molecular weight is 302 g/mol. The molecule has 0 amide bonds. The van der Waals surface area contributed by atoms with E-state index < -0.39 is 0 Å². The highest BCUT2D eigenvalue weighted by Gasteiger charge is 2.17. The molecule has 0 spiro atoms. The van der Waals surface area contributed by atoms with E-state index in [1.54, 1.807) is 6.92 Å². The van der Waals surface area contributed by atoms with Gasteiger partial charge in [-0.2, -0.15) is 0 Å². The number of ether oxygens (including phenoxy) is 1. The van der Waals surface area contributed by atoms with Crippen LogP contribution in [0.5, 0.6) is 0 Å². The van der Waals surface area contributed by atoms with Crippen LogP contribution < -0.4 is 0 Å². The fourth-order valence-electron chi connectivity index (χ4n) is 2.10. The Balaban J connectivity index is 2.11. The van der Waals surface area contributed by atoms with Gasteiger partial charge in [0.25, 0.3) is 0 Å². The summed E-state index contributed by atoms with van der Waals surface area (Å²) in [5, 5.41) is 2.11. The normalized spacial score (nSPS) is 12.1. The SMILES string of the molecule is COC(=O)CCC(Sc1ccc2ccccc2c1)C(C)=O. The van der Waals surface area contributed by atoms with Crippen LogP contribution in [-0.4, -0.2) is 24.1 Å². The number of esters is 1. The van der Waals surface area contributed by atoms with Crippen LogP contribution >= 0.6 is 11.8 Å². The molecule has 0 saturated heterocycles. The zero-order valence-corrected chi connectivity index (χ0v) is 13.0. The minimum atomic E-state index is -0.277. The molecule has 110 valence electrons. The quantitative estimate of drug-likeness (QED) is 0.600. The molecule has 0 aliphatic rings. The zero-order valence-electron chi connectivity index (χ0n) is 12.2. The summed E-state index contributed by atoms with van der Waals surface area (Å²) < 4.78 is 4.63. The number of fused-ring (bicyclic) bond motifs is 1. The predicted molar refractivity (Wildman–Crippen MR) is 85.5 cm³/mol. The second-order valence-electron chi connectivity index (χ2n) is 4.84. The maximum absolute atomic E-state index is 11.7. The molecule has 0 radical (unpaired) electrons. The number of thioether (sulfide) groups is 1. The maximum Gasteiger partial charge on any atom is 0.305 e. The number of rotatable bonds is 6. The molecule has 0 fully saturated rings.